The minimum absolute atomic E-state index is 0.0826. The van der Waals surface area contributed by atoms with Gasteiger partial charge in [0.1, 0.15) is 6.61 Å². The smallest absolute Gasteiger partial charge is 0.343 e. The average molecular weight is 278 g/mol. The van der Waals surface area contributed by atoms with Crippen molar-refractivity contribution in [3.8, 4) is 0 Å². The van der Waals surface area contributed by atoms with Gasteiger partial charge in [-0.25, -0.2) is 4.79 Å². The lowest BCUT2D eigenvalue weighted by molar-refractivity contribution is -0.176. The number of esters is 1. The van der Waals surface area contributed by atoms with Gasteiger partial charge in [-0.3, -0.25) is 0 Å². The highest BCUT2D eigenvalue weighted by Gasteiger charge is 2.46. The van der Waals surface area contributed by atoms with Crippen LogP contribution >= 0.6 is 0 Å². The predicted octanol–water partition coefficient (Wildman–Crippen LogP) is 1.99. The average Bonchev–Trinajstić information content (AvgIpc) is 2.53. The molecule has 1 aromatic rings. The number of benzene rings is 1. The van der Waals surface area contributed by atoms with Crippen LogP contribution in [0.5, 0.6) is 0 Å². The van der Waals surface area contributed by atoms with Crippen molar-refractivity contribution < 1.29 is 19.7 Å². The predicted molar refractivity (Wildman–Crippen MR) is 75.0 cm³/mol. The lowest BCUT2D eigenvalue weighted by Crippen LogP contribution is -2.45. The Morgan fingerprint density at radius 3 is 2.45 bits per heavy atom. The summed E-state index contributed by atoms with van der Waals surface area (Å²) in [5.41, 5.74) is -1.02. The first-order valence-corrected chi connectivity index (χ1v) is 7.25. The van der Waals surface area contributed by atoms with Crippen molar-refractivity contribution in [2.75, 3.05) is 13.2 Å². The second-order valence-electron chi connectivity index (χ2n) is 5.33. The number of ether oxygens (including phenoxy) is 1. The number of rotatable bonds is 5. The Kier molecular flexibility index (Phi) is 5.15. The van der Waals surface area contributed by atoms with E-state index in [2.05, 4.69) is 0 Å². The van der Waals surface area contributed by atoms with Gasteiger partial charge in [-0.15, -0.1) is 0 Å². The summed E-state index contributed by atoms with van der Waals surface area (Å²) in [6.07, 6.45) is 4.83. The third-order valence-corrected chi connectivity index (χ3v) is 4.05. The third kappa shape index (κ3) is 3.02. The van der Waals surface area contributed by atoms with Gasteiger partial charge in [0.05, 0.1) is 6.61 Å². The van der Waals surface area contributed by atoms with Crippen LogP contribution in [0.15, 0.2) is 30.3 Å². The van der Waals surface area contributed by atoms with E-state index in [1.807, 2.05) is 18.2 Å². The molecule has 0 spiro atoms. The topological polar surface area (TPSA) is 66.8 Å². The number of aliphatic hydroxyl groups is 2. The van der Waals surface area contributed by atoms with Crippen molar-refractivity contribution in [2.24, 2.45) is 5.92 Å². The van der Waals surface area contributed by atoms with E-state index in [1.165, 1.54) is 0 Å². The summed E-state index contributed by atoms with van der Waals surface area (Å²) in [5.74, 6) is -0.769. The van der Waals surface area contributed by atoms with Crippen LogP contribution in [0.1, 0.15) is 37.7 Å². The first kappa shape index (κ1) is 15.0. The van der Waals surface area contributed by atoms with Crippen LogP contribution in [0.25, 0.3) is 0 Å². The summed E-state index contributed by atoms with van der Waals surface area (Å²) in [6.45, 7) is -0.317. The van der Waals surface area contributed by atoms with Gasteiger partial charge in [-0.2, -0.15) is 0 Å². The quantitative estimate of drug-likeness (QED) is 0.808. The van der Waals surface area contributed by atoms with Crippen LogP contribution in [-0.4, -0.2) is 29.4 Å². The molecule has 20 heavy (non-hydrogen) atoms. The molecule has 1 aromatic carbocycles. The fraction of sp³-hybridized carbons (Fsp3) is 0.562. The second kappa shape index (κ2) is 6.86. The molecule has 0 heterocycles. The van der Waals surface area contributed by atoms with E-state index in [0.29, 0.717) is 5.56 Å². The van der Waals surface area contributed by atoms with Crippen molar-refractivity contribution in [3.05, 3.63) is 35.9 Å². The fourth-order valence-corrected chi connectivity index (χ4v) is 2.98. The standard InChI is InChI=1S/C16H22O4/c17-11-12-20-15(18)16(19,13-7-3-1-4-8-13)14-9-5-2-6-10-14/h1,3-4,7-8,14,17,19H,2,5-6,9-12H2. The minimum atomic E-state index is -1.60. The summed E-state index contributed by atoms with van der Waals surface area (Å²) in [5, 5.41) is 19.8. The molecule has 0 saturated heterocycles. The van der Waals surface area contributed by atoms with E-state index in [-0.39, 0.29) is 19.1 Å². The third-order valence-electron chi connectivity index (χ3n) is 4.05. The summed E-state index contributed by atoms with van der Waals surface area (Å²) in [7, 11) is 0. The SMILES string of the molecule is O=C(OCCO)C(O)(c1ccccc1)C1CCCCC1. The Labute approximate surface area is 119 Å². The maximum Gasteiger partial charge on any atom is 0.343 e. The van der Waals surface area contributed by atoms with Gasteiger partial charge < -0.3 is 14.9 Å². The molecule has 0 bridgehead atoms. The zero-order chi connectivity index (χ0) is 14.4. The normalized spacial score (nSPS) is 19.3. The molecule has 1 unspecified atom stereocenters. The highest BCUT2D eigenvalue weighted by molar-refractivity contribution is 5.81. The molecule has 110 valence electrons. The molecule has 0 radical (unpaired) electrons. The largest absolute Gasteiger partial charge is 0.461 e. The number of aliphatic hydroxyl groups excluding tert-OH is 1. The van der Waals surface area contributed by atoms with Gasteiger partial charge >= 0.3 is 5.97 Å². The molecule has 1 fully saturated rings. The molecule has 2 N–H and O–H groups in total. The molecule has 1 saturated carbocycles. The molecule has 2 rings (SSSR count). The molecule has 1 atom stereocenters. The van der Waals surface area contributed by atoms with E-state index in [9.17, 15) is 9.90 Å². The Hall–Kier alpha value is -1.39. The monoisotopic (exact) mass is 278 g/mol. The molecule has 0 aliphatic heterocycles. The minimum Gasteiger partial charge on any atom is -0.461 e. The van der Waals surface area contributed by atoms with Gasteiger partial charge in [0.15, 0.2) is 5.60 Å². The van der Waals surface area contributed by atoms with Crippen LogP contribution in [0.3, 0.4) is 0 Å². The molecule has 1 aliphatic carbocycles. The van der Waals surface area contributed by atoms with E-state index < -0.39 is 11.6 Å². The van der Waals surface area contributed by atoms with Gasteiger partial charge in [-0.1, -0.05) is 49.6 Å². The fourth-order valence-electron chi connectivity index (χ4n) is 2.98. The van der Waals surface area contributed by atoms with Gasteiger partial charge in [0, 0.05) is 5.92 Å². The van der Waals surface area contributed by atoms with Crippen LogP contribution < -0.4 is 0 Å². The van der Waals surface area contributed by atoms with Gasteiger partial charge in [0.25, 0.3) is 0 Å². The van der Waals surface area contributed by atoms with Crippen molar-refractivity contribution in [1.29, 1.82) is 0 Å². The van der Waals surface area contributed by atoms with Gasteiger partial charge in [0.2, 0.25) is 0 Å². The Balaban J connectivity index is 2.29. The van der Waals surface area contributed by atoms with Crippen LogP contribution in [0.4, 0.5) is 0 Å². The van der Waals surface area contributed by atoms with E-state index in [1.54, 1.807) is 12.1 Å². The summed E-state index contributed by atoms with van der Waals surface area (Å²) in [6, 6.07) is 8.98. The Bertz CT molecular complexity index is 425. The van der Waals surface area contributed by atoms with E-state index in [4.69, 9.17) is 9.84 Å². The number of carbonyl (C=O) groups is 1. The van der Waals surface area contributed by atoms with E-state index in [0.717, 1.165) is 32.1 Å². The second-order valence-corrected chi connectivity index (χ2v) is 5.33. The summed E-state index contributed by atoms with van der Waals surface area (Å²) >= 11 is 0. The van der Waals surface area contributed by atoms with Crippen molar-refractivity contribution >= 4 is 5.97 Å². The van der Waals surface area contributed by atoms with Crippen molar-refractivity contribution in [2.45, 2.75) is 37.7 Å². The van der Waals surface area contributed by atoms with E-state index >= 15 is 0 Å². The maximum absolute atomic E-state index is 12.3. The van der Waals surface area contributed by atoms with Crippen LogP contribution in [-0.2, 0) is 15.1 Å². The van der Waals surface area contributed by atoms with Crippen molar-refractivity contribution in [3.63, 3.8) is 0 Å². The number of hydrogen-bond donors (Lipinski definition) is 2. The zero-order valence-electron chi connectivity index (χ0n) is 11.6. The summed E-state index contributed by atoms with van der Waals surface area (Å²) < 4.78 is 5.03. The Morgan fingerprint density at radius 1 is 1.20 bits per heavy atom. The lowest BCUT2D eigenvalue weighted by Gasteiger charge is -2.36. The van der Waals surface area contributed by atoms with Gasteiger partial charge in [-0.05, 0) is 18.4 Å². The van der Waals surface area contributed by atoms with Crippen LogP contribution in [0, 0.1) is 5.92 Å². The van der Waals surface area contributed by atoms with Crippen molar-refractivity contribution in [1.82, 2.24) is 0 Å². The first-order valence-electron chi connectivity index (χ1n) is 7.25. The first-order chi connectivity index (χ1) is 9.69. The highest BCUT2D eigenvalue weighted by Crippen LogP contribution is 2.40. The molecule has 0 aromatic heterocycles. The molecule has 0 amide bonds. The summed E-state index contributed by atoms with van der Waals surface area (Å²) in [4.78, 5) is 12.3. The number of hydrogen-bond acceptors (Lipinski definition) is 4. The Morgan fingerprint density at radius 2 is 1.85 bits per heavy atom. The molecular formula is C16H22O4. The molecule has 4 nitrogen and oxygen atoms in total. The maximum atomic E-state index is 12.3. The molecule has 4 heteroatoms. The zero-order valence-corrected chi connectivity index (χ0v) is 11.6. The molecule has 1 aliphatic rings. The molecular weight excluding hydrogens is 256 g/mol. The highest BCUT2D eigenvalue weighted by atomic mass is 16.6. The number of carbonyl (C=O) groups excluding carboxylic acids is 1. The lowest BCUT2D eigenvalue weighted by atomic mass is 9.73. The van der Waals surface area contributed by atoms with Crippen LogP contribution in [0.2, 0.25) is 0 Å².